The molecule has 16 heavy (non-hydrogen) atoms. The number of aryl methyl sites for hydroxylation is 1. The Bertz CT molecular complexity index is 348. The van der Waals surface area contributed by atoms with Crippen molar-refractivity contribution in [2.75, 3.05) is 13.6 Å². The van der Waals surface area contributed by atoms with Gasteiger partial charge in [-0.15, -0.1) is 0 Å². The van der Waals surface area contributed by atoms with E-state index in [4.69, 9.17) is 0 Å². The van der Waals surface area contributed by atoms with Gasteiger partial charge in [0.1, 0.15) is 0 Å². The third-order valence-corrected chi connectivity index (χ3v) is 3.79. The number of rotatable bonds is 4. The number of likely N-dealkylation sites (N-methyl/N-ethyl adjacent to an activating group) is 1. The van der Waals surface area contributed by atoms with Crippen LogP contribution in [0.3, 0.4) is 0 Å². The first-order chi connectivity index (χ1) is 7.74. The van der Waals surface area contributed by atoms with Gasteiger partial charge in [-0.3, -0.25) is 4.68 Å². The van der Waals surface area contributed by atoms with Gasteiger partial charge in [0.05, 0.1) is 5.69 Å². The summed E-state index contributed by atoms with van der Waals surface area (Å²) in [6.07, 6.45) is 6.53. The van der Waals surface area contributed by atoms with Gasteiger partial charge in [-0.05, 0) is 32.4 Å². The van der Waals surface area contributed by atoms with Crippen LogP contribution in [-0.4, -0.2) is 23.4 Å². The van der Waals surface area contributed by atoms with E-state index in [-0.39, 0.29) is 0 Å². The molecule has 0 saturated heterocycles. The molecule has 0 bridgehead atoms. The molecule has 2 rings (SSSR count). The van der Waals surface area contributed by atoms with Gasteiger partial charge in [-0.1, -0.05) is 12.8 Å². The first-order valence-electron chi connectivity index (χ1n) is 6.41. The number of hydrogen-bond acceptors (Lipinski definition) is 2. The Hall–Kier alpha value is -0.830. The zero-order valence-electron chi connectivity index (χ0n) is 10.7. The molecular weight excluding hydrogens is 198 g/mol. The molecule has 0 aliphatic heterocycles. The van der Waals surface area contributed by atoms with Crippen molar-refractivity contribution in [3.05, 3.63) is 17.0 Å². The lowest BCUT2D eigenvalue weighted by Gasteiger charge is -2.10. The van der Waals surface area contributed by atoms with Crippen LogP contribution in [0, 0.1) is 6.92 Å². The maximum Gasteiger partial charge on any atom is 0.0669 e. The van der Waals surface area contributed by atoms with E-state index in [0.717, 1.165) is 18.9 Å². The molecule has 3 heteroatoms. The summed E-state index contributed by atoms with van der Waals surface area (Å²) in [5.74, 6) is 0.765. The van der Waals surface area contributed by atoms with Gasteiger partial charge < -0.3 is 5.32 Å². The van der Waals surface area contributed by atoms with E-state index in [1.807, 2.05) is 7.05 Å². The topological polar surface area (TPSA) is 29.9 Å². The summed E-state index contributed by atoms with van der Waals surface area (Å²) in [6, 6.07) is 0. The first-order valence-corrected chi connectivity index (χ1v) is 6.41. The van der Waals surface area contributed by atoms with Crippen LogP contribution in [0.4, 0.5) is 0 Å². The second-order valence-corrected chi connectivity index (χ2v) is 4.92. The minimum absolute atomic E-state index is 0.765. The summed E-state index contributed by atoms with van der Waals surface area (Å²) >= 11 is 0. The third-order valence-electron chi connectivity index (χ3n) is 3.79. The van der Waals surface area contributed by atoms with Crippen LogP contribution >= 0.6 is 0 Å². The van der Waals surface area contributed by atoms with Gasteiger partial charge in [-0.25, -0.2) is 0 Å². The fourth-order valence-corrected chi connectivity index (χ4v) is 2.95. The molecule has 1 heterocycles. The number of hydrogen-bond donors (Lipinski definition) is 1. The van der Waals surface area contributed by atoms with Crippen molar-refractivity contribution in [3.63, 3.8) is 0 Å². The molecule has 0 spiro atoms. The number of nitrogens with zero attached hydrogens (tertiary/aromatic N) is 2. The van der Waals surface area contributed by atoms with E-state index in [1.54, 1.807) is 0 Å². The lowest BCUT2D eigenvalue weighted by atomic mass is 9.99. The fourth-order valence-electron chi connectivity index (χ4n) is 2.95. The van der Waals surface area contributed by atoms with E-state index < -0.39 is 0 Å². The lowest BCUT2D eigenvalue weighted by Crippen LogP contribution is -2.11. The van der Waals surface area contributed by atoms with E-state index in [0.29, 0.717) is 0 Å². The predicted octanol–water partition coefficient (Wildman–Crippen LogP) is 2.15. The fraction of sp³-hybridized carbons (Fsp3) is 0.769. The second-order valence-electron chi connectivity index (χ2n) is 4.92. The van der Waals surface area contributed by atoms with E-state index >= 15 is 0 Å². The highest BCUT2D eigenvalue weighted by Gasteiger charge is 2.23. The maximum absolute atomic E-state index is 4.67. The van der Waals surface area contributed by atoms with Gasteiger partial charge in [0.15, 0.2) is 0 Å². The highest BCUT2D eigenvalue weighted by atomic mass is 15.3. The van der Waals surface area contributed by atoms with Gasteiger partial charge in [0.2, 0.25) is 0 Å². The van der Waals surface area contributed by atoms with Gasteiger partial charge in [0, 0.05) is 31.6 Å². The maximum atomic E-state index is 4.67. The summed E-state index contributed by atoms with van der Waals surface area (Å²) in [6.45, 7) is 3.26. The number of aromatic nitrogens is 2. The van der Waals surface area contributed by atoms with Crippen molar-refractivity contribution in [2.24, 2.45) is 7.05 Å². The van der Waals surface area contributed by atoms with E-state index in [1.165, 1.54) is 42.6 Å². The molecule has 1 aliphatic carbocycles. The van der Waals surface area contributed by atoms with Crippen LogP contribution in [0.25, 0.3) is 0 Å². The summed E-state index contributed by atoms with van der Waals surface area (Å²) in [5, 5.41) is 7.86. The molecule has 90 valence electrons. The molecular formula is C13H23N3. The molecule has 1 aliphatic rings. The Labute approximate surface area is 98.2 Å². The average molecular weight is 221 g/mol. The Morgan fingerprint density at radius 2 is 2.06 bits per heavy atom. The molecule has 1 saturated carbocycles. The zero-order valence-corrected chi connectivity index (χ0v) is 10.7. The Morgan fingerprint density at radius 3 is 2.69 bits per heavy atom. The minimum atomic E-state index is 0.765. The Morgan fingerprint density at radius 1 is 1.38 bits per heavy atom. The summed E-state index contributed by atoms with van der Waals surface area (Å²) in [5.41, 5.74) is 4.20. The van der Waals surface area contributed by atoms with Crippen molar-refractivity contribution in [1.82, 2.24) is 15.1 Å². The van der Waals surface area contributed by atoms with Gasteiger partial charge in [-0.2, -0.15) is 5.10 Å². The quantitative estimate of drug-likeness (QED) is 0.844. The van der Waals surface area contributed by atoms with E-state index in [2.05, 4.69) is 29.1 Å². The zero-order chi connectivity index (χ0) is 11.5. The standard InChI is InChI=1S/C13H23N3/c1-10-12(8-9-14-2)15-16(3)13(10)11-6-4-5-7-11/h11,14H,4-9H2,1-3H3. The third kappa shape index (κ3) is 2.14. The molecule has 0 atom stereocenters. The summed E-state index contributed by atoms with van der Waals surface area (Å²) in [7, 11) is 4.10. The van der Waals surface area contributed by atoms with Gasteiger partial charge >= 0.3 is 0 Å². The molecule has 3 nitrogen and oxygen atoms in total. The minimum Gasteiger partial charge on any atom is -0.319 e. The molecule has 0 amide bonds. The van der Waals surface area contributed by atoms with Gasteiger partial charge in [0.25, 0.3) is 0 Å². The molecule has 1 aromatic heterocycles. The highest BCUT2D eigenvalue weighted by molar-refractivity contribution is 5.28. The van der Waals surface area contributed by atoms with Crippen LogP contribution in [-0.2, 0) is 13.5 Å². The lowest BCUT2D eigenvalue weighted by molar-refractivity contribution is 0.610. The summed E-state index contributed by atoms with van der Waals surface area (Å²) < 4.78 is 2.12. The molecule has 0 radical (unpaired) electrons. The van der Waals surface area contributed by atoms with Crippen molar-refractivity contribution >= 4 is 0 Å². The average Bonchev–Trinajstić information content (AvgIpc) is 2.85. The molecule has 0 unspecified atom stereocenters. The van der Waals surface area contributed by atoms with Crippen LogP contribution in [0.1, 0.15) is 48.6 Å². The molecule has 1 aromatic rings. The van der Waals surface area contributed by atoms with Crippen LogP contribution in [0.2, 0.25) is 0 Å². The molecule has 0 aromatic carbocycles. The monoisotopic (exact) mass is 221 g/mol. The van der Waals surface area contributed by atoms with Crippen molar-refractivity contribution in [1.29, 1.82) is 0 Å². The number of nitrogens with one attached hydrogen (secondary N) is 1. The normalized spacial score (nSPS) is 17.2. The predicted molar refractivity (Wildman–Crippen MR) is 66.8 cm³/mol. The van der Waals surface area contributed by atoms with E-state index in [9.17, 15) is 0 Å². The van der Waals surface area contributed by atoms with Crippen molar-refractivity contribution < 1.29 is 0 Å². The van der Waals surface area contributed by atoms with Crippen LogP contribution in [0.15, 0.2) is 0 Å². The van der Waals surface area contributed by atoms with Crippen molar-refractivity contribution in [3.8, 4) is 0 Å². The van der Waals surface area contributed by atoms with Crippen molar-refractivity contribution in [2.45, 2.75) is 44.9 Å². The largest absolute Gasteiger partial charge is 0.319 e. The van der Waals surface area contributed by atoms with Crippen LogP contribution in [0.5, 0.6) is 0 Å². The second kappa shape index (κ2) is 5.00. The molecule has 1 N–H and O–H groups in total. The highest BCUT2D eigenvalue weighted by Crippen LogP contribution is 2.36. The molecule has 1 fully saturated rings. The summed E-state index contributed by atoms with van der Waals surface area (Å²) in [4.78, 5) is 0. The SMILES string of the molecule is CNCCc1nn(C)c(C2CCCC2)c1C. The van der Waals surface area contributed by atoms with Crippen LogP contribution < -0.4 is 5.32 Å². The smallest absolute Gasteiger partial charge is 0.0669 e. The Balaban J connectivity index is 2.20. The Kier molecular flexibility index (Phi) is 3.64. The first kappa shape index (κ1) is 11.6.